The lowest BCUT2D eigenvalue weighted by molar-refractivity contribution is -0.384. The number of hydrogen-bond donors (Lipinski definition) is 1. The Morgan fingerprint density at radius 1 is 1.47 bits per heavy atom. The van der Waals surface area contributed by atoms with Gasteiger partial charge in [0.25, 0.3) is 5.69 Å². The number of likely N-dealkylation sites (N-methyl/N-ethyl adjacent to an activating group) is 1. The highest BCUT2D eigenvalue weighted by Crippen LogP contribution is 2.22. The van der Waals surface area contributed by atoms with Crippen molar-refractivity contribution in [2.75, 3.05) is 25.1 Å². The molecule has 0 aliphatic carbocycles. The summed E-state index contributed by atoms with van der Waals surface area (Å²) in [6, 6.07) is 4.88. The van der Waals surface area contributed by atoms with Gasteiger partial charge in [0, 0.05) is 31.4 Å². The van der Waals surface area contributed by atoms with E-state index in [-0.39, 0.29) is 12.3 Å². The summed E-state index contributed by atoms with van der Waals surface area (Å²) in [6.45, 7) is 2.29. The smallest absolute Gasteiger partial charge is 0.271 e. The molecule has 0 radical (unpaired) electrons. The third-order valence-electron chi connectivity index (χ3n) is 2.13. The molecule has 1 rings (SSSR count). The predicted octanol–water partition coefficient (Wildman–Crippen LogP) is 1.33. The molecule has 0 saturated heterocycles. The number of aliphatic hydroxyl groups excluding tert-OH is 1. The van der Waals surface area contributed by atoms with Gasteiger partial charge >= 0.3 is 0 Å². The summed E-state index contributed by atoms with van der Waals surface area (Å²) in [5, 5.41) is 19.4. The first-order chi connectivity index (χ1) is 7.04. The standard InChI is InChI=1S/C10H14N2O3/c1-8-5-9(11(2)3-4-13)7-10(6-8)12(14)15/h5-7,13H,3-4H2,1-2H3. The van der Waals surface area contributed by atoms with Crippen LogP contribution < -0.4 is 4.90 Å². The normalized spacial score (nSPS) is 10.1. The number of nitro groups is 1. The van der Waals surface area contributed by atoms with E-state index in [9.17, 15) is 10.1 Å². The maximum absolute atomic E-state index is 10.6. The molecule has 1 aromatic carbocycles. The van der Waals surface area contributed by atoms with E-state index in [4.69, 9.17) is 5.11 Å². The summed E-state index contributed by atoms with van der Waals surface area (Å²) in [5.41, 5.74) is 1.66. The van der Waals surface area contributed by atoms with Crippen LogP contribution in [0.5, 0.6) is 0 Å². The van der Waals surface area contributed by atoms with Crippen molar-refractivity contribution in [3.05, 3.63) is 33.9 Å². The number of benzene rings is 1. The zero-order valence-electron chi connectivity index (χ0n) is 8.80. The second-order valence-corrected chi connectivity index (χ2v) is 3.43. The van der Waals surface area contributed by atoms with Crippen LogP contribution in [0.4, 0.5) is 11.4 Å². The lowest BCUT2D eigenvalue weighted by Crippen LogP contribution is -2.21. The largest absolute Gasteiger partial charge is 0.395 e. The van der Waals surface area contributed by atoms with Crippen molar-refractivity contribution in [1.29, 1.82) is 0 Å². The maximum atomic E-state index is 10.6. The molecule has 0 amide bonds. The van der Waals surface area contributed by atoms with Crippen molar-refractivity contribution < 1.29 is 10.0 Å². The summed E-state index contributed by atoms with van der Waals surface area (Å²) in [7, 11) is 1.79. The zero-order chi connectivity index (χ0) is 11.4. The van der Waals surface area contributed by atoms with E-state index < -0.39 is 4.92 Å². The Balaban J connectivity index is 3.03. The van der Waals surface area contributed by atoms with Gasteiger partial charge < -0.3 is 10.0 Å². The first kappa shape index (κ1) is 11.5. The number of aryl methyl sites for hydroxylation is 1. The van der Waals surface area contributed by atoms with Crippen molar-refractivity contribution in [3.63, 3.8) is 0 Å². The second kappa shape index (κ2) is 4.75. The molecule has 0 unspecified atom stereocenters. The Labute approximate surface area is 88.1 Å². The third kappa shape index (κ3) is 2.92. The molecule has 0 atom stereocenters. The van der Waals surface area contributed by atoms with Crippen molar-refractivity contribution >= 4 is 11.4 Å². The minimum Gasteiger partial charge on any atom is -0.395 e. The molecule has 1 N–H and O–H groups in total. The van der Waals surface area contributed by atoms with E-state index in [1.54, 1.807) is 11.9 Å². The summed E-state index contributed by atoms with van der Waals surface area (Å²) in [5.74, 6) is 0. The summed E-state index contributed by atoms with van der Waals surface area (Å²) in [4.78, 5) is 12.0. The molecular weight excluding hydrogens is 196 g/mol. The molecule has 0 heterocycles. The van der Waals surface area contributed by atoms with E-state index in [1.807, 2.05) is 13.0 Å². The van der Waals surface area contributed by atoms with Gasteiger partial charge in [-0.1, -0.05) is 0 Å². The van der Waals surface area contributed by atoms with E-state index in [0.29, 0.717) is 6.54 Å². The number of rotatable bonds is 4. The van der Waals surface area contributed by atoms with E-state index in [2.05, 4.69) is 0 Å². The number of hydrogen-bond acceptors (Lipinski definition) is 4. The van der Waals surface area contributed by atoms with Gasteiger partial charge in [0.05, 0.1) is 11.5 Å². The number of non-ortho nitro benzene ring substituents is 1. The molecule has 0 fully saturated rings. The van der Waals surface area contributed by atoms with Gasteiger partial charge in [-0.25, -0.2) is 0 Å². The zero-order valence-corrected chi connectivity index (χ0v) is 8.80. The van der Waals surface area contributed by atoms with Gasteiger partial charge in [-0.05, 0) is 18.6 Å². The molecule has 0 aromatic heterocycles. The van der Waals surface area contributed by atoms with Crippen LogP contribution in [0.15, 0.2) is 18.2 Å². The fraction of sp³-hybridized carbons (Fsp3) is 0.400. The Morgan fingerprint density at radius 3 is 2.67 bits per heavy atom. The molecule has 82 valence electrons. The minimum atomic E-state index is -0.413. The van der Waals surface area contributed by atoms with Gasteiger partial charge in [-0.2, -0.15) is 0 Å². The first-order valence-corrected chi connectivity index (χ1v) is 4.62. The van der Waals surface area contributed by atoms with E-state index in [1.165, 1.54) is 12.1 Å². The molecule has 1 aromatic rings. The predicted molar refractivity (Wildman–Crippen MR) is 58.2 cm³/mol. The van der Waals surface area contributed by atoms with Gasteiger partial charge in [-0.3, -0.25) is 10.1 Å². The van der Waals surface area contributed by atoms with Gasteiger partial charge in [0.2, 0.25) is 0 Å². The van der Waals surface area contributed by atoms with Crippen LogP contribution in [0.3, 0.4) is 0 Å². The lowest BCUT2D eigenvalue weighted by Gasteiger charge is -2.18. The molecule has 0 bridgehead atoms. The fourth-order valence-electron chi connectivity index (χ4n) is 1.35. The fourth-order valence-corrected chi connectivity index (χ4v) is 1.35. The van der Waals surface area contributed by atoms with Gasteiger partial charge in [0.15, 0.2) is 0 Å². The summed E-state index contributed by atoms with van der Waals surface area (Å²) in [6.07, 6.45) is 0. The Kier molecular flexibility index (Phi) is 3.62. The lowest BCUT2D eigenvalue weighted by atomic mass is 10.2. The highest BCUT2D eigenvalue weighted by atomic mass is 16.6. The number of anilines is 1. The quantitative estimate of drug-likeness (QED) is 0.601. The molecule has 15 heavy (non-hydrogen) atoms. The highest BCUT2D eigenvalue weighted by molar-refractivity contribution is 5.55. The van der Waals surface area contributed by atoms with Crippen LogP contribution in [0.1, 0.15) is 5.56 Å². The van der Waals surface area contributed by atoms with Crippen LogP contribution >= 0.6 is 0 Å². The summed E-state index contributed by atoms with van der Waals surface area (Å²) >= 11 is 0. The van der Waals surface area contributed by atoms with Gasteiger partial charge in [-0.15, -0.1) is 0 Å². The van der Waals surface area contributed by atoms with Crippen molar-refractivity contribution in [1.82, 2.24) is 0 Å². The number of nitrogens with zero attached hydrogens (tertiary/aromatic N) is 2. The van der Waals surface area contributed by atoms with Crippen molar-refractivity contribution in [2.45, 2.75) is 6.92 Å². The highest BCUT2D eigenvalue weighted by Gasteiger charge is 2.10. The van der Waals surface area contributed by atoms with Crippen molar-refractivity contribution in [2.24, 2.45) is 0 Å². The van der Waals surface area contributed by atoms with Crippen LogP contribution in [-0.4, -0.2) is 30.2 Å². The second-order valence-electron chi connectivity index (χ2n) is 3.43. The molecule has 5 heteroatoms. The third-order valence-corrected chi connectivity index (χ3v) is 2.13. The molecule has 0 spiro atoms. The van der Waals surface area contributed by atoms with Crippen LogP contribution in [-0.2, 0) is 0 Å². The van der Waals surface area contributed by atoms with E-state index >= 15 is 0 Å². The molecule has 5 nitrogen and oxygen atoms in total. The van der Waals surface area contributed by atoms with Crippen LogP contribution in [0, 0.1) is 17.0 Å². The maximum Gasteiger partial charge on any atom is 0.271 e. The van der Waals surface area contributed by atoms with E-state index in [0.717, 1.165) is 11.3 Å². The number of aliphatic hydroxyl groups is 1. The first-order valence-electron chi connectivity index (χ1n) is 4.62. The average molecular weight is 210 g/mol. The topological polar surface area (TPSA) is 66.6 Å². The molecule has 0 aliphatic rings. The Hall–Kier alpha value is -1.62. The summed E-state index contributed by atoms with van der Waals surface area (Å²) < 4.78 is 0. The molecular formula is C10H14N2O3. The molecule has 0 saturated carbocycles. The monoisotopic (exact) mass is 210 g/mol. The van der Waals surface area contributed by atoms with Crippen LogP contribution in [0.2, 0.25) is 0 Å². The molecule has 0 aliphatic heterocycles. The minimum absolute atomic E-state index is 0.0260. The van der Waals surface area contributed by atoms with Crippen molar-refractivity contribution in [3.8, 4) is 0 Å². The van der Waals surface area contributed by atoms with Crippen LogP contribution in [0.25, 0.3) is 0 Å². The van der Waals surface area contributed by atoms with Gasteiger partial charge in [0.1, 0.15) is 0 Å². The number of nitro benzene ring substituents is 1. The Morgan fingerprint density at radius 2 is 2.13 bits per heavy atom. The Bertz CT molecular complexity index is 366. The SMILES string of the molecule is Cc1cc(N(C)CCO)cc([N+](=O)[O-])c1. The average Bonchev–Trinajstić information content (AvgIpc) is 2.17.